The van der Waals surface area contributed by atoms with E-state index in [4.69, 9.17) is 0 Å². The zero-order chi connectivity index (χ0) is 28.8. The van der Waals surface area contributed by atoms with Gasteiger partial charge in [-0.05, 0) is 85.0 Å². The van der Waals surface area contributed by atoms with Gasteiger partial charge in [0.25, 0.3) is 0 Å². The monoisotopic (exact) mass is 555 g/mol. The van der Waals surface area contributed by atoms with Crippen molar-refractivity contribution < 1.29 is 0 Å². The fourth-order valence-electron chi connectivity index (χ4n) is 5.13. The summed E-state index contributed by atoms with van der Waals surface area (Å²) < 4.78 is 0. The third kappa shape index (κ3) is 6.21. The van der Waals surface area contributed by atoms with Crippen molar-refractivity contribution in [3.63, 3.8) is 0 Å². The number of para-hydroxylation sites is 2. The Hall–Kier alpha value is -5.94. The van der Waals surface area contributed by atoms with Crippen LogP contribution in [0.2, 0.25) is 0 Å². The first-order chi connectivity index (χ1) is 21.2. The van der Waals surface area contributed by atoms with E-state index in [1.165, 1.54) is 21.8 Å². The van der Waals surface area contributed by atoms with Gasteiger partial charge in [-0.25, -0.2) is 9.97 Å². The molecule has 0 fully saturated rings. The van der Waals surface area contributed by atoms with Crippen LogP contribution < -0.4 is 0 Å². The number of nitrogens with zero attached hydrogens (tertiary/aromatic N) is 2. The third-order valence-corrected chi connectivity index (χ3v) is 7.12. The summed E-state index contributed by atoms with van der Waals surface area (Å²) in [6.07, 6.45) is 8.09. The fraction of sp³-hybridized carbons (Fsp3) is 0. The summed E-state index contributed by atoms with van der Waals surface area (Å²) in [5, 5.41) is 2.61. The molecule has 9 rings (SSSR count). The van der Waals surface area contributed by atoms with E-state index in [0.717, 1.165) is 44.8 Å². The topological polar surface area (TPSA) is 73.2 Å². The highest BCUT2D eigenvalue weighted by Crippen LogP contribution is 2.24. The van der Waals surface area contributed by atoms with Crippen molar-refractivity contribution in [2.45, 2.75) is 0 Å². The number of benzene rings is 3. The van der Waals surface area contributed by atoms with E-state index in [2.05, 4.69) is 97.7 Å². The van der Waals surface area contributed by atoms with E-state index in [-0.39, 0.29) is 0 Å². The van der Waals surface area contributed by atoms with Crippen LogP contribution in [0.15, 0.2) is 133 Å². The molecule has 3 aromatic carbocycles. The van der Waals surface area contributed by atoms with Crippen LogP contribution in [-0.4, -0.2) is 24.9 Å². The van der Waals surface area contributed by atoms with Crippen LogP contribution in [0, 0.1) is 0 Å². The lowest BCUT2D eigenvalue weighted by Gasteiger charge is -1.87. The lowest BCUT2D eigenvalue weighted by Crippen LogP contribution is -1.75. The molecule has 0 saturated carbocycles. The second kappa shape index (κ2) is 11.9. The summed E-state index contributed by atoms with van der Waals surface area (Å²) in [7, 11) is 0. The molecule has 0 amide bonds. The highest BCUT2D eigenvalue weighted by Gasteiger charge is 2.02. The molecule has 0 spiro atoms. The minimum Gasteiger partial charge on any atom is -0.355 e. The second-order valence-electron chi connectivity index (χ2n) is 10.3. The van der Waals surface area contributed by atoms with E-state index < -0.39 is 0 Å². The Balaban J connectivity index is 0.000000131. The van der Waals surface area contributed by atoms with Crippen molar-refractivity contribution >= 4 is 68.2 Å². The Labute approximate surface area is 249 Å². The molecule has 5 heteroatoms. The molecule has 4 aromatic heterocycles. The molecule has 7 aromatic rings. The molecular weight excluding hydrogens is 526 g/mol. The molecule has 0 saturated heterocycles. The number of hydrogen-bond donors (Lipinski definition) is 3. The molecule has 8 bridgehead atoms. The van der Waals surface area contributed by atoms with E-state index in [1.807, 2.05) is 85.0 Å². The van der Waals surface area contributed by atoms with Gasteiger partial charge in [0.05, 0.1) is 22.8 Å². The van der Waals surface area contributed by atoms with Gasteiger partial charge in [0.15, 0.2) is 0 Å². The summed E-state index contributed by atoms with van der Waals surface area (Å²) in [4.78, 5) is 19.4. The highest BCUT2D eigenvalue weighted by molar-refractivity contribution is 6.07. The van der Waals surface area contributed by atoms with Gasteiger partial charge in [-0.2, -0.15) is 0 Å². The van der Waals surface area contributed by atoms with Gasteiger partial charge in [0.1, 0.15) is 0 Å². The Morgan fingerprint density at radius 1 is 0.326 bits per heavy atom. The van der Waals surface area contributed by atoms with Crippen LogP contribution in [0.1, 0.15) is 22.8 Å². The van der Waals surface area contributed by atoms with E-state index in [9.17, 15) is 0 Å². The van der Waals surface area contributed by atoms with Crippen molar-refractivity contribution in [3.8, 4) is 0 Å². The van der Waals surface area contributed by atoms with Gasteiger partial charge in [-0.15, -0.1) is 0 Å². The molecule has 206 valence electrons. The molecular formula is C38H29N5. The average Bonchev–Trinajstić information content (AvgIpc) is 3.88. The Morgan fingerprint density at radius 2 is 0.651 bits per heavy atom. The molecule has 5 nitrogen and oxygen atoms in total. The average molecular weight is 556 g/mol. The highest BCUT2D eigenvalue weighted by atomic mass is 14.8. The van der Waals surface area contributed by atoms with Crippen LogP contribution in [-0.2, 0) is 0 Å². The van der Waals surface area contributed by atoms with Gasteiger partial charge >= 0.3 is 0 Å². The van der Waals surface area contributed by atoms with Crippen molar-refractivity contribution in [1.82, 2.24) is 24.9 Å². The molecule has 0 atom stereocenters. The second-order valence-corrected chi connectivity index (χ2v) is 10.3. The van der Waals surface area contributed by atoms with Crippen molar-refractivity contribution in [2.75, 3.05) is 0 Å². The maximum Gasteiger partial charge on any atom is 0.0658 e. The van der Waals surface area contributed by atoms with Crippen LogP contribution in [0.25, 0.3) is 68.2 Å². The van der Waals surface area contributed by atoms with E-state index >= 15 is 0 Å². The summed E-state index contributed by atoms with van der Waals surface area (Å²) in [5.41, 5.74) is 10.3. The van der Waals surface area contributed by atoms with Crippen LogP contribution in [0.4, 0.5) is 0 Å². The smallest absolute Gasteiger partial charge is 0.0658 e. The summed E-state index contributed by atoms with van der Waals surface area (Å²) >= 11 is 0. The molecule has 0 radical (unpaired) electrons. The van der Waals surface area contributed by atoms with Gasteiger partial charge in [-0.3, -0.25) is 0 Å². The molecule has 6 heterocycles. The third-order valence-electron chi connectivity index (χ3n) is 7.12. The van der Waals surface area contributed by atoms with E-state index in [1.54, 1.807) is 0 Å². The number of aromatic nitrogens is 5. The first-order valence-electron chi connectivity index (χ1n) is 14.3. The van der Waals surface area contributed by atoms with Crippen LogP contribution in [0.3, 0.4) is 0 Å². The minimum atomic E-state index is 0.939. The van der Waals surface area contributed by atoms with E-state index in [0.29, 0.717) is 0 Å². The zero-order valence-corrected chi connectivity index (χ0v) is 23.4. The molecule has 3 N–H and O–H groups in total. The Bertz CT molecular complexity index is 2000. The summed E-state index contributed by atoms with van der Waals surface area (Å²) in [6.45, 7) is 0. The Morgan fingerprint density at radius 3 is 1.00 bits per heavy atom. The van der Waals surface area contributed by atoms with Crippen molar-refractivity contribution in [3.05, 3.63) is 156 Å². The maximum absolute atomic E-state index is 4.63. The summed E-state index contributed by atoms with van der Waals surface area (Å²) in [5.74, 6) is 0. The van der Waals surface area contributed by atoms with Gasteiger partial charge in [-0.1, -0.05) is 72.8 Å². The minimum absolute atomic E-state index is 0.939. The molecule has 0 aliphatic carbocycles. The van der Waals surface area contributed by atoms with Crippen molar-refractivity contribution in [2.24, 2.45) is 0 Å². The lowest BCUT2D eigenvalue weighted by atomic mass is 10.2. The standard InChI is InChI=1S/C20H14N4.C12H9N.C6H6/c1-2-14-10-16-5-6-18(23-16)12-20-8-7-19(24-20)11-17-4-3-15(22-17)9-13(1)21-14;1-3-7-11-9(5-1)10-6-2-4-8-12(10)13-11;1-2-4-6-5-3-1/h1-12,21,24H;1-8,13H;1-6H. The molecule has 2 aliphatic rings. The van der Waals surface area contributed by atoms with Gasteiger partial charge < -0.3 is 15.0 Å². The van der Waals surface area contributed by atoms with Crippen molar-refractivity contribution in [1.29, 1.82) is 0 Å². The lowest BCUT2D eigenvalue weighted by molar-refractivity contribution is 1.31. The quantitative estimate of drug-likeness (QED) is 0.174. The van der Waals surface area contributed by atoms with Crippen LogP contribution in [0.5, 0.6) is 0 Å². The van der Waals surface area contributed by atoms with Gasteiger partial charge in [0.2, 0.25) is 0 Å². The number of nitrogens with one attached hydrogen (secondary N) is 3. The van der Waals surface area contributed by atoms with Crippen LogP contribution >= 0.6 is 0 Å². The first kappa shape index (κ1) is 26.0. The fourth-order valence-corrected chi connectivity index (χ4v) is 5.13. The van der Waals surface area contributed by atoms with Gasteiger partial charge in [0, 0.05) is 43.9 Å². The Kier molecular flexibility index (Phi) is 7.19. The largest absolute Gasteiger partial charge is 0.355 e. The molecule has 2 aliphatic heterocycles. The first-order valence-corrected chi connectivity index (χ1v) is 14.3. The predicted octanol–water partition coefficient (Wildman–Crippen LogP) is 9.66. The number of aromatic amines is 3. The predicted molar refractivity (Wildman–Crippen MR) is 181 cm³/mol. The SMILES string of the molecule is C1=Cc2cc3ccc(cc4nc(cc5ccc(cc1n2)[nH]5)C=C4)[nH]3.c1ccc2c(c1)[nH]c1ccccc12.c1ccccc1. The molecule has 0 unspecified atom stereocenters. The normalized spacial score (nSPS) is 11.5. The summed E-state index contributed by atoms with van der Waals surface area (Å²) in [6, 6.07) is 45.1. The number of H-pyrrole nitrogens is 3. The number of rotatable bonds is 0. The number of fused-ring (bicyclic) bond motifs is 11. The molecule has 43 heavy (non-hydrogen) atoms. The zero-order valence-electron chi connectivity index (χ0n) is 23.4. The maximum atomic E-state index is 4.63. The number of hydrogen-bond acceptors (Lipinski definition) is 2.